The summed E-state index contributed by atoms with van der Waals surface area (Å²) < 4.78 is 18.1. The lowest BCUT2D eigenvalue weighted by atomic mass is 10.2. The zero-order chi connectivity index (χ0) is 11.4. The van der Waals surface area contributed by atoms with Gasteiger partial charge in [-0.3, -0.25) is 4.79 Å². The molecule has 1 aromatic carbocycles. The lowest BCUT2D eigenvalue weighted by molar-refractivity contribution is -0.117. The third-order valence-electron chi connectivity index (χ3n) is 1.84. The number of amides is 1. The highest BCUT2D eigenvalue weighted by molar-refractivity contribution is 5.94. The Kier molecular flexibility index (Phi) is 5.77. The number of hydrogen-bond acceptors (Lipinski definition) is 3. The molecule has 0 heterocycles. The molecule has 1 amide bonds. The van der Waals surface area contributed by atoms with Gasteiger partial charge in [-0.15, -0.1) is 12.4 Å². The Balaban J connectivity index is 0.00000225. The van der Waals surface area contributed by atoms with Crippen molar-refractivity contribution in [3.05, 3.63) is 24.0 Å². The number of benzene rings is 1. The molecule has 1 aromatic rings. The lowest BCUT2D eigenvalue weighted by Crippen LogP contribution is -2.32. The number of ether oxygens (including phenoxy) is 1. The average molecular weight is 249 g/mol. The third-order valence-corrected chi connectivity index (χ3v) is 1.84. The van der Waals surface area contributed by atoms with Gasteiger partial charge in [0.25, 0.3) is 0 Å². The lowest BCUT2D eigenvalue weighted by Gasteiger charge is -2.09. The molecule has 0 saturated carbocycles. The van der Waals surface area contributed by atoms with E-state index in [9.17, 15) is 9.18 Å². The van der Waals surface area contributed by atoms with Crippen LogP contribution in [0.25, 0.3) is 0 Å². The van der Waals surface area contributed by atoms with E-state index in [1.165, 1.54) is 32.2 Å². The van der Waals surface area contributed by atoms with E-state index in [0.29, 0.717) is 5.75 Å². The summed E-state index contributed by atoms with van der Waals surface area (Å²) >= 11 is 0. The molecule has 0 spiro atoms. The van der Waals surface area contributed by atoms with Crippen LogP contribution in [0.15, 0.2) is 18.2 Å². The van der Waals surface area contributed by atoms with E-state index in [0.717, 1.165) is 0 Å². The first kappa shape index (κ1) is 14.7. The molecule has 0 bridgehead atoms. The molecular weight excluding hydrogens is 235 g/mol. The van der Waals surface area contributed by atoms with Gasteiger partial charge in [0.2, 0.25) is 5.91 Å². The SMILES string of the molecule is COc1ccc(F)c(NC(=O)[C@H](C)N)c1.Cl. The first-order chi connectivity index (χ1) is 7.04. The van der Waals surface area contributed by atoms with E-state index in [2.05, 4.69) is 5.32 Å². The van der Waals surface area contributed by atoms with Crippen LogP contribution in [0.3, 0.4) is 0 Å². The molecule has 0 radical (unpaired) electrons. The minimum Gasteiger partial charge on any atom is -0.497 e. The average Bonchev–Trinajstić information content (AvgIpc) is 2.21. The molecule has 0 aliphatic heterocycles. The molecule has 0 fully saturated rings. The van der Waals surface area contributed by atoms with Crippen LogP contribution in [-0.4, -0.2) is 19.1 Å². The largest absolute Gasteiger partial charge is 0.497 e. The number of rotatable bonds is 3. The van der Waals surface area contributed by atoms with E-state index in [1.807, 2.05) is 0 Å². The van der Waals surface area contributed by atoms with E-state index in [4.69, 9.17) is 10.5 Å². The quantitative estimate of drug-likeness (QED) is 0.853. The molecule has 90 valence electrons. The van der Waals surface area contributed by atoms with Gasteiger partial charge in [0.1, 0.15) is 11.6 Å². The molecular formula is C10H14ClFN2O2. The molecule has 3 N–H and O–H groups in total. The monoisotopic (exact) mass is 248 g/mol. The molecule has 0 saturated heterocycles. The molecule has 0 aliphatic rings. The number of halogens is 2. The number of nitrogens with one attached hydrogen (secondary N) is 1. The zero-order valence-corrected chi connectivity index (χ0v) is 9.81. The van der Waals surface area contributed by atoms with Crippen LogP contribution in [0, 0.1) is 5.82 Å². The van der Waals surface area contributed by atoms with Crippen molar-refractivity contribution in [2.75, 3.05) is 12.4 Å². The molecule has 0 unspecified atom stereocenters. The van der Waals surface area contributed by atoms with Gasteiger partial charge in [-0.1, -0.05) is 0 Å². The molecule has 4 nitrogen and oxygen atoms in total. The van der Waals surface area contributed by atoms with E-state index in [-0.39, 0.29) is 18.1 Å². The van der Waals surface area contributed by atoms with Gasteiger partial charge in [0, 0.05) is 6.07 Å². The summed E-state index contributed by atoms with van der Waals surface area (Å²) in [5, 5.41) is 2.37. The summed E-state index contributed by atoms with van der Waals surface area (Å²) in [6, 6.07) is 3.40. The molecule has 1 atom stereocenters. The third kappa shape index (κ3) is 3.67. The summed E-state index contributed by atoms with van der Waals surface area (Å²) in [7, 11) is 1.46. The highest BCUT2D eigenvalue weighted by Crippen LogP contribution is 2.20. The molecule has 0 aromatic heterocycles. The van der Waals surface area contributed by atoms with E-state index in [1.54, 1.807) is 0 Å². The van der Waals surface area contributed by atoms with E-state index < -0.39 is 17.8 Å². The van der Waals surface area contributed by atoms with Crippen molar-refractivity contribution in [3.8, 4) is 5.75 Å². The van der Waals surface area contributed by atoms with Crippen LogP contribution in [0.2, 0.25) is 0 Å². The maximum Gasteiger partial charge on any atom is 0.241 e. The summed E-state index contributed by atoms with van der Waals surface area (Å²) in [6.07, 6.45) is 0. The fourth-order valence-electron chi connectivity index (χ4n) is 0.974. The summed E-state index contributed by atoms with van der Waals surface area (Å²) in [5.41, 5.74) is 5.41. The predicted molar refractivity (Wildman–Crippen MR) is 62.5 cm³/mol. The van der Waals surface area contributed by atoms with Crippen molar-refractivity contribution in [1.82, 2.24) is 0 Å². The Labute approximate surface area is 99.4 Å². The number of carbonyl (C=O) groups is 1. The number of methoxy groups -OCH3 is 1. The first-order valence-corrected chi connectivity index (χ1v) is 4.44. The number of anilines is 1. The van der Waals surface area contributed by atoms with E-state index >= 15 is 0 Å². The number of carbonyl (C=O) groups excluding carboxylic acids is 1. The Bertz CT molecular complexity index is 372. The summed E-state index contributed by atoms with van der Waals surface area (Å²) in [5.74, 6) is -0.497. The van der Waals surface area contributed by atoms with Crippen molar-refractivity contribution in [2.24, 2.45) is 5.73 Å². The maximum atomic E-state index is 13.2. The highest BCUT2D eigenvalue weighted by Gasteiger charge is 2.11. The molecule has 6 heteroatoms. The fourth-order valence-corrected chi connectivity index (χ4v) is 0.974. The first-order valence-electron chi connectivity index (χ1n) is 4.44. The Morgan fingerprint density at radius 2 is 2.19 bits per heavy atom. The summed E-state index contributed by atoms with van der Waals surface area (Å²) in [6.45, 7) is 1.52. The van der Waals surface area contributed by atoms with Crippen molar-refractivity contribution in [1.29, 1.82) is 0 Å². The Morgan fingerprint density at radius 3 is 2.69 bits per heavy atom. The van der Waals surface area contributed by atoms with Crippen LogP contribution >= 0.6 is 12.4 Å². The second-order valence-electron chi connectivity index (χ2n) is 3.12. The normalized spacial score (nSPS) is 11.2. The molecule has 0 aliphatic carbocycles. The van der Waals surface area contributed by atoms with Crippen LogP contribution in [0.4, 0.5) is 10.1 Å². The topological polar surface area (TPSA) is 64.3 Å². The Hall–Kier alpha value is -1.33. The van der Waals surface area contributed by atoms with Gasteiger partial charge in [0.15, 0.2) is 0 Å². The smallest absolute Gasteiger partial charge is 0.241 e. The number of hydrogen-bond donors (Lipinski definition) is 2. The van der Waals surface area contributed by atoms with Gasteiger partial charge in [-0.25, -0.2) is 4.39 Å². The molecule has 1 rings (SSSR count). The standard InChI is InChI=1S/C10H13FN2O2.ClH/c1-6(12)10(14)13-9-5-7(15-2)3-4-8(9)11;/h3-6H,12H2,1-2H3,(H,13,14);1H/t6-;/m0./s1. The summed E-state index contributed by atoms with van der Waals surface area (Å²) in [4.78, 5) is 11.2. The van der Waals surface area contributed by atoms with Gasteiger partial charge in [-0.2, -0.15) is 0 Å². The number of nitrogens with two attached hydrogens (primary N) is 1. The van der Waals surface area contributed by atoms with Gasteiger partial charge in [-0.05, 0) is 19.1 Å². The van der Waals surface area contributed by atoms with Crippen molar-refractivity contribution in [3.63, 3.8) is 0 Å². The zero-order valence-electron chi connectivity index (χ0n) is 8.99. The second-order valence-corrected chi connectivity index (χ2v) is 3.12. The fraction of sp³-hybridized carbons (Fsp3) is 0.300. The van der Waals surface area contributed by atoms with Crippen LogP contribution in [0.1, 0.15) is 6.92 Å². The van der Waals surface area contributed by atoms with Gasteiger partial charge in [0.05, 0.1) is 18.8 Å². The molecule has 16 heavy (non-hydrogen) atoms. The van der Waals surface area contributed by atoms with Crippen LogP contribution in [0.5, 0.6) is 5.75 Å². The highest BCUT2D eigenvalue weighted by atomic mass is 35.5. The van der Waals surface area contributed by atoms with Gasteiger partial charge >= 0.3 is 0 Å². The maximum absolute atomic E-state index is 13.2. The Morgan fingerprint density at radius 1 is 1.56 bits per heavy atom. The second kappa shape index (κ2) is 6.30. The van der Waals surface area contributed by atoms with Crippen LogP contribution in [-0.2, 0) is 4.79 Å². The van der Waals surface area contributed by atoms with Crippen molar-refractivity contribution in [2.45, 2.75) is 13.0 Å². The van der Waals surface area contributed by atoms with Gasteiger partial charge < -0.3 is 15.8 Å². The van der Waals surface area contributed by atoms with Crippen molar-refractivity contribution >= 4 is 24.0 Å². The minimum atomic E-state index is -0.685. The minimum absolute atomic E-state index is 0. The van der Waals surface area contributed by atoms with Crippen molar-refractivity contribution < 1.29 is 13.9 Å². The van der Waals surface area contributed by atoms with Crippen LogP contribution < -0.4 is 15.8 Å². The predicted octanol–water partition coefficient (Wildman–Crippen LogP) is 1.54.